The third-order valence-corrected chi connectivity index (χ3v) is 4.84. The van der Waals surface area contributed by atoms with E-state index < -0.39 is 11.4 Å². The van der Waals surface area contributed by atoms with Crippen molar-refractivity contribution in [1.82, 2.24) is 19.7 Å². The van der Waals surface area contributed by atoms with Crippen LogP contribution in [0.3, 0.4) is 0 Å². The second kappa shape index (κ2) is 6.42. The van der Waals surface area contributed by atoms with Crippen LogP contribution in [0.25, 0.3) is 27.9 Å². The number of benzene rings is 1. The molecule has 142 valence electrons. The van der Waals surface area contributed by atoms with Gasteiger partial charge in [0.2, 0.25) is 0 Å². The predicted molar refractivity (Wildman–Crippen MR) is 101 cm³/mol. The fourth-order valence-electron chi connectivity index (χ4n) is 3.45. The highest BCUT2D eigenvalue weighted by Gasteiger charge is 2.19. The maximum atomic E-state index is 14.7. The Kier molecular flexibility index (Phi) is 3.87. The molecule has 8 heteroatoms. The van der Waals surface area contributed by atoms with Crippen LogP contribution in [-0.4, -0.2) is 33.6 Å². The number of aromatic nitrogens is 3. The lowest BCUT2D eigenvalue weighted by Gasteiger charge is -2.13. The van der Waals surface area contributed by atoms with E-state index >= 15 is 0 Å². The second-order valence-corrected chi connectivity index (χ2v) is 6.92. The molecule has 0 saturated carbocycles. The van der Waals surface area contributed by atoms with Crippen LogP contribution in [0.15, 0.2) is 46.0 Å². The first-order chi connectivity index (χ1) is 13.6. The summed E-state index contributed by atoms with van der Waals surface area (Å²) in [6, 6.07) is 4.35. The number of halogens is 1. The Morgan fingerprint density at radius 2 is 2.21 bits per heavy atom. The lowest BCUT2D eigenvalue weighted by Crippen LogP contribution is -2.19. The molecule has 1 aliphatic rings. The van der Waals surface area contributed by atoms with Crippen LogP contribution in [-0.2, 0) is 0 Å². The zero-order chi connectivity index (χ0) is 19.3. The monoisotopic (exact) mass is 380 g/mol. The van der Waals surface area contributed by atoms with Gasteiger partial charge in [0, 0.05) is 31.1 Å². The van der Waals surface area contributed by atoms with Crippen molar-refractivity contribution in [2.24, 2.45) is 0 Å². The van der Waals surface area contributed by atoms with Crippen LogP contribution >= 0.6 is 0 Å². The molecule has 3 aromatic heterocycles. The van der Waals surface area contributed by atoms with Crippen molar-refractivity contribution in [3.05, 3.63) is 58.7 Å². The lowest BCUT2D eigenvalue weighted by molar-refractivity contribution is 0.222. The first-order valence-electron chi connectivity index (χ1n) is 9.03. The highest BCUT2D eigenvalue weighted by atomic mass is 19.1. The van der Waals surface area contributed by atoms with Gasteiger partial charge in [-0.25, -0.2) is 14.2 Å². The van der Waals surface area contributed by atoms with Gasteiger partial charge in [-0.2, -0.15) is 0 Å². The molecule has 0 aliphatic carbocycles. The number of nitrogens with one attached hydrogen (secondary N) is 1. The van der Waals surface area contributed by atoms with E-state index in [-0.39, 0.29) is 22.6 Å². The Labute approximate surface area is 158 Å². The summed E-state index contributed by atoms with van der Waals surface area (Å²) in [5, 5.41) is 3.39. The van der Waals surface area contributed by atoms with E-state index in [9.17, 15) is 9.18 Å². The van der Waals surface area contributed by atoms with Gasteiger partial charge in [0.25, 0.3) is 0 Å². The van der Waals surface area contributed by atoms with Crippen molar-refractivity contribution >= 4 is 16.6 Å². The molecular formula is C20H17FN4O3. The molecule has 1 saturated heterocycles. The predicted octanol–water partition coefficient (Wildman–Crippen LogP) is 2.69. The molecule has 7 nitrogen and oxygen atoms in total. The molecule has 0 radical (unpaired) electrons. The molecule has 1 aliphatic heterocycles. The molecule has 1 atom stereocenters. The summed E-state index contributed by atoms with van der Waals surface area (Å²) in [6.07, 6.45) is 5.95. The zero-order valence-corrected chi connectivity index (χ0v) is 15.1. The first-order valence-corrected chi connectivity index (χ1v) is 9.03. The Morgan fingerprint density at radius 1 is 1.32 bits per heavy atom. The number of hydrogen-bond donors (Lipinski definition) is 1. The standard InChI is InChI=1S/C20H17FN4O3/c1-11-9-25-10-17(24-19(25)8-23-11)15-6-14-16(21)4-13(5-18(14)28-20(15)26)27-12-2-3-22-7-12/h4-6,8-10,12,22H,2-3,7H2,1H3/t12-/m1/s1. The van der Waals surface area contributed by atoms with Crippen LogP contribution in [0.1, 0.15) is 12.1 Å². The fraction of sp³-hybridized carbons (Fsp3) is 0.250. The van der Waals surface area contributed by atoms with Crippen molar-refractivity contribution < 1.29 is 13.5 Å². The quantitative estimate of drug-likeness (QED) is 0.551. The molecule has 0 unspecified atom stereocenters. The molecule has 5 rings (SSSR count). The minimum atomic E-state index is -0.584. The Hall–Kier alpha value is -3.26. The second-order valence-electron chi connectivity index (χ2n) is 6.92. The molecule has 28 heavy (non-hydrogen) atoms. The van der Waals surface area contributed by atoms with Gasteiger partial charge >= 0.3 is 5.63 Å². The number of ether oxygens (including phenoxy) is 1. The van der Waals surface area contributed by atoms with Crippen molar-refractivity contribution in [2.75, 3.05) is 13.1 Å². The van der Waals surface area contributed by atoms with Gasteiger partial charge in [-0.05, 0) is 26.0 Å². The van der Waals surface area contributed by atoms with E-state index in [1.807, 2.05) is 6.92 Å². The Morgan fingerprint density at radius 3 is 3.04 bits per heavy atom. The molecule has 0 amide bonds. The largest absolute Gasteiger partial charge is 0.489 e. The number of aryl methyl sites for hydroxylation is 1. The van der Waals surface area contributed by atoms with E-state index in [2.05, 4.69) is 15.3 Å². The van der Waals surface area contributed by atoms with Gasteiger partial charge in [0.1, 0.15) is 23.3 Å². The van der Waals surface area contributed by atoms with E-state index in [4.69, 9.17) is 9.15 Å². The molecule has 0 bridgehead atoms. The SMILES string of the molecule is Cc1cn2cc(-c3cc4c(F)cc(O[C@@H]5CCNC5)cc4oc3=O)nc2cn1. The maximum Gasteiger partial charge on any atom is 0.345 e. The van der Waals surface area contributed by atoms with Gasteiger partial charge in [-0.3, -0.25) is 4.98 Å². The lowest BCUT2D eigenvalue weighted by atomic mass is 10.1. The smallest absolute Gasteiger partial charge is 0.345 e. The number of nitrogens with zero attached hydrogens (tertiary/aromatic N) is 3. The molecule has 0 spiro atoms. The van der Waals surface area contributed by atoms with E-state index in [1.54, 1.807) is 29.1 Å². The summed E-state index contributed by atoms with van der Waals surface area (Å²) < 4.78 is 27.7. The Bertz CT molecular complexity index is 1260. The molecule has 1 N–H and O–H groups in total. The van der Waals surface area contributed by atoms with Crippen LogP contribution in [0.2, 0.25) is 0 Å². The fourth-order valence-corrected chi connectivity index (χ4v) is 3.45. The van der Waals surface area contributed by atoms with Crippen molar-refractivity contribution in [3.63, 3.8) is 0 Å². The molecule has 1 fully saturated rings. The van der Waals surface area contributed by atoms with Crippen LogP contribution in [0.5, 0.6) is 5.75 Å². The van der Waals surface area contributed by atoms with Crippen molar-refractivity contribution in [2.45, 2.75) is 19.4 Å². The van der Waals surface area contributed by atoms with Gasteiger partial charge in [0.15, 0.2) is 5.65 Å². The highest BCUT2D eigenvalue weighted by Crippen LogP contribution is 2.28. The third-order valence-electron chi connectivity index (χ3n) is 4.84. The normalized spacial score (nSPS) is 16.9. The highest BCUT2D eigenvalue weighted by molar-refractivity contribution is 5.83. The van der Waals surface area contributed by atoms with Crippen LogP contribution < -0.4 is 15.7 Å². The average molecular weight is 380 g/mol. The third kappa shape index (κ3) is 2.91. The van der Waals surface area contributed by atoms with Crippen LogP contribution in [0, 0.1) is 12.7 Å². The number of imidazole rings is 1. The van der Waals surface area contributed by atoms with Gasteiger partial charge in [-0.1, -0.05) is 0 Å². The van der Waals surface area contributed by atoms with Gasteiger partial charge in [0.05, 0.1) is 28.5 Å². The topological polar surface area (TPSA) is 81.7 Å². The number of rotatable bonds is 3. The van der Waals surface area contributed by atoms with E-state index in [0.29, 0.717) is 23.6 Å². The minimum absolute atomic E-state index is 0.0158. The molecule has 1 aromatic carbocycles. The molecular weight excluding hydrogens is 363 g/mol. The van der Waals surface area contributed by atoms with Gasteiger partial charge < -0.3 is 18.9 Å². The summed E-state index contributed by atoms with van der Waals surface area (Å²) in [6.45, 7) is 3.44. The summed E-state index contributed by atoms with van der Waals surface area (Å²) in [4.78, 5) is 21.1. The van der Waals surface area contributed by atoms with E-state index in [1.165, 1.54) is 12.1 Å². The summed E-state index contributed by atoms with van der Waals surface area (Å²) in [5.74, 6) is -0.159. The summed E-state index contributed by atoms with van der Waals surface area (Å²) in [5.41, 5.74) is 1.57. The zero-order valence-electron chi connectivity index (χ0n) is 15.1. The molecule has 4 heterocycles. The van der Waals surface area contributed by atoms with Crippen molar-refractivity contribution in [1.29, 1.82) is 0 Å². The number of fused-ring (bicyclic) bond motifs is 2. The Balaban J connectivity index is 1.59. The first kappa shape index (κ1) is 16.9. The number of hydrogen-bond acceptors (Lipinski definition) is 6. The average Bonchev–Trinajstić information content (AvgIpc) is 3.30. The molecule has 4 aromatic rings. The van der Waals surface area contributed by atoms with Crippen LogP contribution in [0.4, 0.5) is 4.39 Å². The van der Waals surface area contributed by atoms with Gasteiger partial charge in [-0.15, -0.1) is 0 Å². The van der Waals surface area contributed by atoms with Crippen molar-refractivity contribution in [3.8, 4) is 17.0 Å². The minimum Gasteiger partial charge on any atom is -0.489 e. The maximum absolute atomic E-state index is 14.7. The summed E-state index contributed by atoms with van der Waals surface area (Å²) >= 11 is 0. The summed E-state index contributed by atoms with van der Waals surface area (Å²) in [7, 11) is 0. The van der Waals surface area contributed by atoms with E-state index in [0.717, 1.165) is 18.7 Å².